The Bertz CT molecular complexity index is 923. The highest BCUT2D eigenvalue weighted by Crippen LogP contribution is 2.27. The third-order valence-electron chi connectivity index (χ3n) is 7.04. The number of hydrogen-bond acceptors (Lipinski definition) is 5. The number of aromatic nitrogens is 1. The number of benzene rings is 1. The summed E-state index contributed by atoms with van der Waals surface area (Å²) in [7, 11) is 2.14. The van der Waals surface area contributed by atoms with Crippen molar-refractivity contribution in [3.8, 4) is 16.9 Å². The van der Waals surface area contributed by atoms with Gasteiger partial charge in [-0.15, -0.1) is 0 Å². The average Bonchev–Trinajstić information content (AvgIpc) is 3.35. The molecule has 0 spiro atoms. The number of nitrogens with zero attached hydrogens (tertiary/aromatic N) is 3. The van der Waals surface area contributed by atoms with Gasteiger partial charge in [-0.1, -0.05) is 31.7 Å². The number of pyridine rings is 1. The molecule has 0 atom stereocenters. The topological polar surface area (TPSA) is 57.7 Å². The van der Waals surface area contributed by atoms with Gasteiger partial charge in [0.1, 0.15) is 18.2 Å². The van der Waals surface area contributed by atoms with E-state index >= 15 is 0 Å². The second kappa shape index (κ2) is 12.3. The molecule has 4 rings (SSSR count). The van der Waals surface area contributed by atoms with E-state index in [1.165, 1.54) is 31.7 Å². The maximum Gasteiger partial charge on any atom is 0.226 e. The third kappa shape index (κ3) is 7.24. The molecule has 1 aromatic heterocycles. The number of halogens is 1. The van der Waals surface area contributed by atoms with Crippen LogP contribution in [0.25, 0.3) is 11.1 Å². The Kier molecular flexibility index (Phi) is 8.88. The van der Waals surface area contributed by atoms with Gasteiger partial charge < -0.3 is 15.0 Å². The molecule has 184 valence electrons. The normalized spacial score (nSPS) is 17.7. The van der Waals surface area contributed by atoms with E-state index in [1.54, 1.807) is 24.4 Å². The van der Waals surface area contributed by atoms with Gasteiger partial charge in [0.2, 0.25) is 5.91 Å². The molecule has 2 aromatic rings. The molecule has 1 aromatic carbocycles. The monoisotopic (exact) mass is 468 g/mol. The summed E-state index contributed by atoms with van der Waals surface area (Å²) >= 11 is 0. The number of hydrogen-bond donors (Lipinski definition) is 1. The summed E-state index contributed by atoms with van der Waals surface area (Å²) < 4.78 is 20.5. The van der Waals surface area contributed by atoms with Crippen molar-refractivity contribution < 1.29 is 13.9 Å². The quantitative estimate of drug-likeness (QED) is 0.576. The van der Waals surface area contributed by atoms with Crippen LogP contribution >= 0.6 is 0 Å². The Labute approximate surface area is 202 Å². The summed E-state index contributed by atoms with van der Waals surface area (Å²) in [5.74, 6) is 0.953. The highest BCUT2D eigenvalue weighted by atomic mass is 19.1. The molecule has 1 saturated heterocycles. The minimum absolute atomic E-state index is 0.0116. The Hall–Kier alpha value is -2.51. The molecule has 0 unspecified atom stereocenters. The van der Waals surface area contributed by atoms with Gasteiger partial charge in [-0.2, -0.15) is 0 Å². The molecule has 0 radical (unpaired) electrons. The van der Waals surface area contributed by atoms with Crippen LogP contribution in [0.1, 0.15) is 37.8 Å². The Morgan fingerprint density at radius 2 is 1.94 bits per heavy atom. The highest BCUT2D eigenvalue weighted by Gasteiger charge is 2.16. The second-order valence-corrected chi connectivity index (χ2v) is 9.64. The van der Waals surface area contributed by atoms with Crippen LogP contribution in [0.2, 0.25) is 0 Å². The van der Waals surface area contributed by atoms with E-state index in [1.807, 2.05) is 6.07 Å². The number of likely N-dealkylation sites (N-methyl/N-ethyl adjacent to an activating group) is 1. The van der Waals surface area contributed by atoms with Crippen molar-refractivity contribution in [1.82, 2.24) is 20.1 Å². The van der Waals surface area contributed by atoms with Crippen molar-refractivity contribution in [2.75, 3.05) is 52.9 Å². The summed E-state index contributed by atoms with van der Waals surface area (Å²) in [5.41, 5.74) is 1.85. The van der Waals surface area contributed by atoms with Gasteiger partial charge in [-0.25, -0.2) is 4.39 Å². The Balaban J connectivity index is 1.22. The first-order valence-electron chi connectivity index (χ1n) is 12.6. The molecular formula is C27H37FN4O2. The van der Waals surface area contributed by atoms with Crippen molar-refractivity contribution >= 4 is 5.91 Å². The van der Waals surface area contributed by atoms with Crippen LogP contribution in [0, 0.1) is 11.7 Å². The maximum absolute atomic E-state index is 14.8. The zero-order chi connectivity index (χ0) is 23.8. The summed E-state index contributed by atoms with van der Waals surface area (Å²) in [5, 5.41) is 3.00. The van der Waals surface area contributed by atoms with Gasteiger partial charge in [0, 0.05) is 68.4 Å². The summed E-state index contributed by atoms with van der Waals surface area (Å²) in [4.78, 5) is 21.3. The first kappa shape index (κ1) is 24.6. The molecule has 2 aliphatic rings. The number of carbonyl (C=O) groups excluding carboxylic acids is 1. The van der Waals surface area contributed by atoms with E-state index in [0.29, 0.717) is 29.2 Å². The fraction of sp³-hybridized carbons (Fsp3) is 0.556. The standard InChI is InChI=1S/C27H37FN4O2/c1-31-12-14-32(15-13-31)16-17-34-24-8-9-25(26(28)19-24)22-6-7-23(30-20-22)18-27(33)29-11-10-21-4-2-3-5-21/h6-9,19-21H,2-5,10-18H2,1H3,(H,29,33). The lowest BCUT2D eigenvalue weighted by Gasteiger charge is -2.32. The molecule has 1 aliphatic heterocycles. The summed E-state index contributed by atoms with van der Waals surface area (Å²) in [6.45, 7) is 6.34. The van der Waals surface area contributed by atoms with Gasteiger partial charge >= 0.3 is 0 Å². The van der Waals surface area contributed by atoms with Crippen LogP contribution in [-0.4, -0.2) is 73.6 Å². The van der Waals surface area contributed by atoms with E-state index in [9.17, 15) is 9.18 Å². The average molecular weight is 469 g/mol. The van der Waals surface area contributed by atoms with Crippen LogP contribution in [0.15, 0.2) is 36.5 Å². The summed E-state index contributed by atoms with van der Waals surface area (Å²) in [6.07, 6.45) is 8.16. The first-order valence-corrected chi connectivity index (χ1v) is 12.6. The van der Waals surface area contributed by atoms with E-state index < -0.39 is 0 Å². The minimum atomic E-state index is -0.337. The van der Waals surface area contributed by atoms with Crippen LogP contribution < -0.4 is 10.1 Å². The van der Waals surface area contributed by atoms with Crippen molar-refractivity contribution in [3.05, 3.63) is 48.0 Å². The number of nitrogens with one attached hydrogen (secondary N) is 1. The zero-order valence-electron chi connectivity index (χ0n) is 20.3. The molecule has 34 heavy (non-hydrogen) atoms. The number of amides is 1. The highest BCUT2D eigenvalue weighted by molar-refractivity contribution is 5.78. The van der Waals surface area contributed by atoms with E-state index in [-0.39, 0.29) is 18.1 Å². The van der Waals surface area contributed by atoms with Gasteiger partial charge in [0.25, 0.3) is 0 Å². The van der Waals surface area contributed by atoms with Crippen molar-refractivity contribution in [3.63, 3.8) is 0 Å². The number of ether oxygens (including phenoxy) is 1. The minimum Gasteiger partial charge on any atom is -0.492 e. The molecule has 7 heteroatoms. The third-order valence-corrected chi connectivity index (χ3v) is 7.04. The van der Waals surface area contributed by atoms with Gasteiger partial charge in [-0.3, -0.25) is 14.7 Å². The van der Waals surface area contributed by atoms with Gasteiger partial charge in [0.15, 0.2) is 0 Å². The van der Waals surface area contributed by atoms with E-state index in [4.69, 9.17) is 4.74 Å². The summed E-state index contributed by atoms with van der Waals surface area (Å²) in [6, 6.07) is 8.58. The van der Waals surface area contributed by atoms with E-state index in [2.05, 4.69) is 27.1 Å². The Morgan fingerprint density at radius 3 is 2.65 bits per heavy atom. The lowest BCUT2D eigenvalue weighted by Crippen LogP contribution is -2.45. The molecule has 1 amide bonds. The van der Waals surface area contributed by atoms with Gasteiger partial charge in [0.05, 0.1) is 6.42 Å². The van der Waals surface area contributed by atoms with Crippen molar-refractivity contribution in [2.45, 2.75) is 38.5 Å². The van der Waals surface area contributed by atoms with Crippen LogP contribution in [0.3, 0.4) is 0 Å². The van der Waals surface area contributed by atoms with E-state index in [0.717, 1.165) is 51.6 Å². The molecule has 0 bridgehead atoms. The smallest absolute Gasteiger partial charge is 0.226 e. The Morgan fingerprint density at radius 1 is 1.15 bits per heavy atom. The fourth-order valence-electron chi connectivity index (χ4n) is 4.81. The number of rotatable bonds is 10. The number of carbonyl (C=O) groups is 1. The lowest BCUT2D eigenvalue weighted by atomic mass is 10.0. The molecular weight excluding hydrogens is 431 g/mol. The molecule has 6 nitrogen and oxygen atoms in total. The molecule has 1 saturated carbocycles. The number of piperazine rings is 1. The maximum atomic E-state index is 14.8. The predicted molar refractivity (Wildman–Crippen MR) is 132 cm³/mol. The van der Waals surface area contributed by atoms with Crippen molar-refractivity contribution in [2.24, 2.45) is 5.92 Å². The largest absolute Gasteiger partial charge is 0.492 e. The predicted octanol–water partition coefficient (Wildman–Crippen LogP) is 3.75. The lowest BCUT2D eigenvalue weighted by molar-refractivity contribution is -0.120. The molecule has 2 fully saturated rings. The van der Waals surface area contributed by atoms with Crippen molar-refractivity contribution in [1.29, 1.82) is 0 Å². The van der Waals surface area contributed by atoms with Crippen LogP contribution in [-0.2, 0) is 11.2 Å². The molecule has 1 N–H and O–H groups in total. The second-order valence-electron chi connectivity index (χ2n) is 9.64. The van der Waals surface area contributed by atoms with Gasteiger partial charge in [-0.05, 0) is 37.6 Å². The fourth-order valence-corrected chi connectivity index (χ4v) is 4.81. The SMILES string of the molecule is CN1CCN(CCOc2ccc(-c3ccc(CC(=O)NCCC4CCCC4)nc3)c(F)c2)CC1. The van der Waals surface area contributed by atoms with Crippen LogP contribution in [0.4, 0.5) is 4.39 Å². The van der Waals surface area contributed by atoms with Crippen LogP contribution in [0.5, 0.6) is 5.75 Å². The molecule has 2 heterocycles. The zero-order valence-corrected chi connectivity index (χ0v) is 20.3. The molecule has 1 aliphatic carbocycles. The first-order chi connectivity index (χ1) is 16.6.